The number of nitrogens with zero attached hydrogens (tertiary/aromatic N) is 1. The monoisotopic (exact) mass is 504 g/mol. The zero-order valence-electron chi connectivity index (χ0n) is 21.4. The van der Waals surface area contributed by atoms with Gasteiger partial charge in [0.15, 0.2) is 0 Å². The van der Waals surface area contributed by atoms with Gasteiger partial charge in [0.2, 0.25) is 11.1 Å². The molecule has 1 N–H and O–H groups in total. The summed E-state index contributed by atoms with van der Waals surface area (Å²) in [5, 5.41) is 3.68. The fraction of sp³-hybridized carbons (Fsp3) is 0.310. The summed E-state index contributed by atoms with van der Waals surface area (Å²) < 4.78 is 29.2. The van der Waals surface area contributed by atoms with Crippen molar-refractivity contribution in [3.8, 4) is 28.4 Å². The second-order valence-electron chi connectivity index (χ2n) is 9.60. The highest BCUT2D eigenvalue weighted by Gasteiger charge is 2.37. The number of hydrogen-bond acceptors (Lipinski definition) is 6. The fourth-order valence-electron chi connectivity index (χ4n) is 5.04. The van der Waals surface area contributed by atoms with Crippen LogP contribution in [0.25, 0.3) is 16.8 Å². The van der Waals surface area contributed by atoms with Gasteiger partial charge in [0.05, 0.1) is 31.2 Å². The van der Waals surface area contributed by atoms with Gasteiger partial charge < -0.3 is 23.9 Å². The zero-order valence-corrected chi connectivity index (χ0v) is 22.2. The topological polar surface area (TPSA) is 60.0 Å². The minimum Gasteiger partial charge on any atom is -0.496 e. The van der Waals surface area contributed by atoms with Crippen molar-refractivity contribution in [1.82, 2.24) is 0 Å². The van der Waals surface area contributed by atoms with Crippen molar-refractivity contribution in [2.24, 2.45) is 0 Å². The highest BCUT2D eigenvalue weighted by atomic mass is 32.2. The van der Waals surface area contributed by atoms with Crippen molar-refractivity contribution in [3.05, 3.63) is 71.8 Å². The lowest BCUT2D eigenvalue weighted by molar-refractivity contribution is 0.414. The number of hydrogen-bond donors (Lipinski definition) is 1. The Morgan fingerprint density at radius 1 is 1.00 bits per heavy atom. The molecule has 188 valence electrons. The largest absolute Gasteiger partial charge is 0.496 e. The summed E-state index contributed by atoms with van der Waals surface area (Å²) in [6, 6.07) is 18.1. The molecule has 0 amide bonds. The van der Waals surface area contributed by atoms with Gasteiger partial charge in [0, 0.05) is 35.1 Å². The number of para-hydroxylation sites is 2. The second kappa shape index (κ2) is 9.54. The molecule has 6 nitrogen and oxygen atoms in total. The first-order valence-electron chi connectivity index (χ1n) is 12.2. The predicted molar refractivity (Wildman–Crippen MR) is 147 cm³/mol. The van der Waals surface area contributed by atoms with Crippen molar-refractivity contribution in [2.75, 3.05) is 30.2 Å². The maximum Gasteiger partial charge on any atom is 0.206 e. The first kappa shape index (κ1) is 24.3. The van der Waals surface area contributed by atoms with E-state index in [2.05, 4.69) is 48.3 Å². The highest BCUT2D eigenvalue weighted by molar-refractivity contribution is 7.80. The van der Waals surface area contributed by atoms with E-state index < -0.39 is 11.1 Å². The maximum atomic E-state index is 12.1. The summed E-state index contributed by atoms with van der Waals surface area (Å²) in [5.74, 6) is 2.56. The van der Waals surface area contributed by atoms with Crippen molar-refractivity contribution >= 4 is 28.2 Å². The Morgan fingerprint density at radius 3 is 2.50 bits per heavy atom. The van der Waals surface area contributed by atoms with E-state index in [1.165, 1.54) is 16.8 Å². The van der Waals surface area contributed by atoms with Crippen LogP contribution in [0, 0.1) is 0 Å². The fourth-order valence-corrected chi connectivity index (χ4v) is 5.78. The SMILES string of the molecule is CCCS(=O)Oc1ccc(-c2ccc3c4c2CN(c2ccccc2OC)C4=CC(C)(C)N3)c(OC)c1. The summed E-state index contributed by atoms with van der Waals surface area (Å²) in [7, 11) is 3.36. The molecule has 0 aromatic heterocycles. The molecule has 0 radical (unpaired) electrons. The molecule has 36 heavy (non-hydrogen) atoms. The molecule has 2 aliphatic rings. The Balaban J connectivity index is 1.62. The number of methoxy groups -OCH3 is 2. The normalized spacial score (nSPS) is 16.0. The summed E-state index contributed by atoms with van der Waals surface area (Å²) in [6.45, 7) is 7.04. The van der Waals surface area contributed by atoms with E-state index in [0.717, 1.165) is 34.7 Å². The lowest BCUT2D eigenvalue weighted by atomic mass is 9.89. The van der Waals surface area contributed by atoms with Crippen LogP contribution in [-0.2, 0) is 17.6 Å². The molecule has 0 saturated carbocycles. The molecule has 7 heteroatoms. The smallest absolute Gasteiger partial charge is 0.206 e. The Bertz CT molecular complexity index is 1370. The average molecular weight is 505 g/mol. The van der Waals surface area contributed by atoms with Crippen LogP contribution >= 0.6 is 0 Å². The van der Waals surface area contributed by atoms with Gasteiger partial charge in [-0.3, -0.25) is 0 Å². The third kappa shape index (κ3) is 4.32. The molecule has 0 spiro atoms. The van der Waals surface area contributed by atoms with Crippen LogP contribution < -0.4 is 23.9 Å². The summed E-state index contributed by atoms with van der Waals surface area (Å²) >= 11 is -1.36. The zero-order chi connectivity index (χ0) is 25.4. The summed E-state index contributed by atoms with van der Waals surface area (Å²) in [5.41, 5.74) is 7.60. The molecule has 5 rings (SSSR count). The highest BCUT2D eigenvalue weighted by Crippen LogP contribution is 2.51. The van der Waals surface area contributed by atoms with E-state index in [1.54, 1.807) is 14.2 Å². The number of rotatable bonds is 8. The summed E-state index contributed by atoms with van der Waals surface area (Å²) in [4.78, 5) is 2.33. The van der Waals surface area contributed by atoms with Crippen LogP contribution in [0.15, 0.2) is 60.7 Å². The average Bonchev–Trinajstić information content (AvgIpc) is 3.23. The molecule has 3 aromatic carbocycles. The first-order chi connectivity index (χ1) is 17.3. The number of benzene rings is 3. The van der Waals surface area contributed by atoms with Crippen LogP contribution in [0.2, 0.25) is 0 Å². The minimum absolute atomic E-state index is 0.198. The van der Waals surface area contributed by atoms with Gasteiger partial charge in [-0.2, -0.15) is 0 Å². The van der Waals surface area contributed by atoms with Gasteiger partial charge in [-0.05, 0) is 67.8 Å². The molecular weight excluding hydrogens is 472 g/mol. The molecule has 2 heterocycles. The van der Waals surface area contributed by atoms with Crippen LogP contribution in [0.4, 0.5) is 11.4 Å². The van der Waals surface area contributed by atoms with Gasteiger partial charge in [-0.1, -0.05) is 25.1 Å². The first-order valence-corrected chi connectivity index (χ1v) is 13.4. The molecule has 1 atom stereocenters. The molecule has 3 aromatic rings. The van der Waals surface area contributed by atoms with Gasteiger partial charge in [0.25, 0.3) is 0 Å². The second-order valence-corrected chi connectivity index (χ2v) is 10.8. The van der Waals surface area contributed by atoms with Crippen LogP contribution in [-0.4, -0.2) is 29.7 Å². The van der Waals surface area contributed by atoms with Crippen LogP contribution in [0.5, 0.6) is 17.2 Å². The molecule has 2 aliphatic heterocycles. The standard InChI is InChI=1S/C29H32N2O4S/c1-6-15-36(32)35-19-11-12-21(27(16-19)34-5)20-13-14-23-28-22(20)18-31(25(28)17-29(2,3)30-23)24-9-7-8-10-26(24)33-4/h7-14,16-17,30H,6,15,18H2,1-5H3. The third-order valence-corrected chi connectivity index (χ3v) is 7.65. The Hall–Kier alpha value is -3.45. The predicted octanol–water partition coefficient (Wildman–Crippen LogP) is 6.39. The Labute approximate surface area is 215 Å². The van der Waals surface area contributed by atoms with E-state index in [0.29, 0.717) is 23.8 Å². The van der Waals surface area contributed by atoms with Crippen LogP contribution in [0.3, 0.4) is 0 Å². The van der Waals surface area contributed by atoms with Crippen molar-refractivity contribution in [3.63, 3.8) is 0 Å². The van der Waals surface area contributed by atoms with E-state index >= 15 is 0 Å². The maximum absolute atomic E-state index is 12.1. The quantitative estimate of drug-likeness (QED) is 0.384. The summed E-state index contributed by atoms with van der Waals surface area (Å²) in [6.07, 6.45) is 3.09. The number of anilines is 2. The van der Waals surface area contributed by atoms with E-state index in [1.807, 2.05) is 43.3 Å². The lowest BCUT2D eigenvalue weighted by Gasteiger charge is -2.33. The van der Waals surface area contributed by atoms with Gasteiger partial charge >= 0.3 is 0 Å². The molecule has 0 aliphatic carbocycles. The minimum atomic E-state index is -1.36. The molecule has 0 saturated heterocycles. The molecule has 0 bridgehead atoms. The number of nitrogens with one attached hydrogen (secondary N) is 1. The van der Waals surface area contributed by atoms with E-state index in [-0.39, 0.29) is 5.54 Å². The molecule has 0 fully saturated rings. The Kier molecular flexibility index (Phi) is 6.43. The number of ether oxygens (including phenoxy) is 2. The molecular formula is C29H32N2O4S. The lowest BCUT2D eigenvalue weighted by Crippen LogP contribution is -2.33. The van der Waals surface area contributed by atoms with Crippen molar-refractivity contribution in [1.29, 1.82) is 0 Å². The van der Waals surface area contributed by atoms with Gasteiger partial charge in [0.1, 0.15) is 17.2 Å². The van der Waals surface area contributed by atoms with E-state index in [9.17, 15) is 4.21 Å². The van der Waals surface area contributed by atoms with Crippen LogP contribution in [0.1, 0.15) is 38.3 Å². The molecule has 1 unspecified atom stereocenters. The van der Waals surface area contributed by atoms with E-state index in [4.69, 9.17) is 13.7 Å². The van der Waals surface area contributed by atoms with Crippen molar-refractivity contribution < 1.29 is 17.9 Å². The van der Waals surface area contributed by atoms with Gasteiger partial charge in [-0.25, -0.2) is 4.21 Å². The third-order valence-electron chi connectivity index (χ3n) is 6.53. The Morgan fingerprint density at radius 2 is 1.75 bits per heavy atom. The van der Waals surface area contributed by atoms with Crippen molar-refractivity contribution in [2.45, 2.75) is 39.3 Å². The van der Waals surface area contributed by atoms with Gasteiger partial charge in [-0.15, -0.1) is 0 Å².